The van der Waals surface area contributed by atoms with Crippen molar-refractivity contribution in [2.45, 2.75) is 45.6 Å². The molecule has 1 aliphatic rings. The van der Waals surface area contributed by atoms with Crippen LogP contribution in [0, 0.1) is 13.8 Å². The van der Waals surface area contributed by atoms with Crippen LogP contribution in [0.5, 0.6) is 0 Å². The van der Waals surface area contributed by atoms with E-state index in [-0.39, 0.29) is 0 Å². The molecule has 1 N–H and O–H groups in total. The van der Waals surface area contributed by atoms with Gasteiger partial charge in [-0.3, -0.25) is 0 Å². The summed E-state index contributed by atoms with van der Waals surface area (Å²) in [7, 11) is 0. The third-order valence-electron chi connectivity index (χ3n) is 4.85. The van der Waals surface area contributed by atoms with E-state index in [1.165, 1.54) is 18.4 Å². The van der Waals surface area contributed by atoms with E-state index >= 15 is 0 Å². The lowest BCUT2D eigenvalue weighted by atomic mass is 9.99. The Hall–Kier alpha value is -1.94. The molecule has 2 aromatic rings. The summed E-state index contributed by atoms with van der Waals surface area (Å²) < 4.78 is 0. The number of nitrogens with zero attached hydrogens (tertiary/aromatic N) is 3. The van der Waals surface area contributed by atoms with Gasteiger partial charge < -0.3 is 10.2 Å². The molecular formula is C20H28N4. The van der Waals surface area contributed by atoms with Crippen LogP contribution in [-0.2, 0) is 0 Å². The van der Waals surface area contributed by atoms with E-state index in [1.807, 2.05) is 13.8 Å². The molecule has 0 aliphatic carbocycles. The summed E-state index contributed by atoms with van der Waals surface area (Å²) in [6, 6.07) is 13.5. The number of aryl methyl sites for hydroxylation is 2. The van der Waals surface area contributed by atoms with Gasteiger partial charge in [-0.2, -0.15) is 0 Å². The fraction of sp³-hybridized carbons (Fsp3) is 0.500. The Kier molecular flexibility index (Phi) is 5.46. The van der Waals surface area contributed by atoms with Crippen LogP contribution < -0.4 is 10.2 Å². The molecule has 1 atom stereocenters. The van der Waals surface area contributed by atoms with Gasteiger partial charge in [0.05, 0.1) is 0 Å². The van der Waals surface area contributed by atoms with E-state index in [0.717, 1.165) is 37.0 Å². The Morgan fingerprint density at radius 3 is 2.50 bits per heavy atom. The van der Waals surface area contributed by atoms with Crippen LogP contribution in [0.15, 0.2) is 36.4 Å². The first kappa shape index (κ1) is 16.9. The zero-order valence-corrected chi connectivity index (χ0v) is 15.0. The number of hydrogen-bond acceptors (Lipinski definition) is 4. The van der Waals surface area contributed by atoms with Crippen molar-refractivity contribution in [3.63, 3.8) is 0 Å². The van der Waals surface area contributed by atoms with E-state index in [0.29, 0.717) is 12.0 Å². The molecule has 1 fully saturated rings. The Balaban J connectivity index is 1.48. The summed E-state index contributed by atoms with van der Waals surface area (Å²) in [5, 5.41) is 3.76. The fourth-order valence-electron chi connectivity index (χ4n) is 3.41. The zero-order valence-electron chi connectivity index (χ0n) is 15.0. The largest absolute Gasteiger partial charge is 0.356 e. The van der Waals surface area contributed by atoms with E-state index in [2.05, 4.69) is 63.5 Å². The van der Waals surface area contributed by atoms with E-state index < -0.39 is 0 Å². The van der Waals surface area contributed by atoms with E-state index in [4.69, 9.17) is 0 Å². The van der Waals surface area contributed by atoms with Crippen LogP contribution >= 0.6 is 0 Å². The minimum Gasteiger partial charge on any atom is -0.356 e. The molecule has 0 amide bonds. The molecule has 2 heterocycles. The van der Waals surface area contributed by atoms with Crippen LogP contribution in [0.25, 0.3) is 0 Å². The highest BCUT2D eigenvalue weighted by Crippen LogP contribution is 2.20. The highest BCUT2D eigenvalue weighted by Gasteiger charge is 2.20. The lowest BCUT2D eigenvalue weighted by Gasteiger charge is -2.34. The van der Waals surface area contributed by atoms with Crippen molar-refractivity contribution in [2.75, 3.05) is 24.5 Å². The van der Waals surface area contributed by atoms with E-state index in [1.54, 1.807) is 0 Å². The summed E-state index contributed by atoms with van der Waals surface area (Å²) in [5.74, 6) is 2.49. The zero-order chi connectivity index (χ0) is 16.9. The Morgan fingerprint density at radius 1 is 1.12 bits per heavy atom. The number of anilines is 1. The van der Waals surface area contributed by atoms with Crippen molar-refractivity contribution in [3.05, 3.63) is 53.5 Å². The van der Waals surface area contributed by atoms with Gasteiger partial charge in [0.1, 0.15) is 11.6 Å². The number of piperidine rings is 1. The van der Waals surface area contributed by atoms with Crippen molar-refractivity contribution in [1.29, 1.82) is 0 Å². The second-order valence-electron chi connectivity index (χ2n) is 6.90. The predicted octanol–water partition coefficient (Wildman–Crippen LogP) is 3.46. The normalized spacial score (nSPS) is 17.0. The Labute approximate surface area is 145 Å². The van der Waals surface area contributed by atoms with Crippen molar-refractivity contribution in [1.82, 2.24) is 15.3 Å². The third-order valence-corrected chi connectivity index (χ3v) is 4.85. The van der Waals surface area contributed by atoms with Gasteiger partial charge >= 0.3 is 0 Å². The summed E-state index contributed by atoms with van der Waals surface area (Å²) in [6.45, 7) is 9.47. The molecule has 0 saturated carbocycles. The molecule has 3 rings (SSSR count). The lowest BCUT2D eigenvalue weighted by Crippen LogP contribution is -2.43. The van der Waals surface area contributed by atoms with Crippen LogP contribution in [-0.4, -0.2) is 35.6 Å². The average molecular weight is 324 g/mol. The number of hydrogen-bond donors (Lipinski definition) is 1. The van der Waals surface area contributed by atoms with Crippen molar-refractivity contribution in [2.24, 2.45) is 0 Å². The minimum atomic E-state index is 0.552. The van der Waals surface area contributed by atoms with Gasteiger partial charge in [-0.1, -0.05) is 37.3 Å². The third kappa shape index (κ3) is 4.32. The van der Waals surface area contributed by atoms with Crippen LogP contribution in [0.4, 0.5) is 5.82 Å². The van der Waals surface area contributed by atoms with Gasteiger partial charge in [-0.15, -0.1) is 0 Å². The number of aromatic nitrogens is 2. The highest BCUT2D eigenvalue weighted by molar-refractivity contribution is 5.40. The smallest absolute Gasteiger partial charge is 0.132 e. The van der Waals surface area contributed by atoms with Gasteiger partial charge in [0.25, 0.3) is 0 Å². The molecule has 4 nitrogen and oxygen atoms in total. The van der Waals surface area contributed by atoms with Crippen molar-refractivity contribution < 1.29 is 0 Å². The molecule has 0 radical (unpaired) electrons. The topological polar surface area (TPSA) is 41.0 Å². The standard InChI is InChI=1S/C20H28N4/c1-15(18-7-5-4-6-8-18)14-21-19-9-11-24(12-10-19)20-13-16(2)22-17(3)23-20/h4-8,13,15,19,21H,9-12,14H2,1-3H3/t15-/m1/s1. The fourth-order valence-corrected chi connectivity index (χ4v) is 3.41. The highest BCUT2D eigenvalue weighted by atomic mass is 15.2. The maximum atomic E-state index is 4.59. The Morgan fingerprint density at radius 2 is 1.83 bits per heavy atom. The molecule has 1 aromatic carbocycles. The van der Waals surface area contributed by atoms with Crippen LogP contribution in [0.1, 0.15) is 42.8 Å². The molecule has 0 unspecified atom stereocenters. The van der Waals surface area contributed by atoms with Crippen molar-refractivity contribution in [3.8, 4) is 0 Å². The summed E-state index contributed by atoms with van der Waals surface area (Å²) in [5.41, 5.74) is 2.46. The minimum absolute atomic E-state index is 0.552. The molecule has 0 spiro atoms. The maximum absolute atomic E-state index is 4.59. The molecular weight excluding hydrogens is 296 g/mol. The van der Waals surface area contributed by atoms with Gasteiger partial charge in [0, 0.05) is 37.4 Å². The van der Waals surface area contributed by atoms with Crippen LogP contribution in [0.2, 0.25) is 0 Å². The molecule has 128 valence electrons. The summed E-state index contributed by atoms with van der Waals surface area (Å²) in [4.78, 5) is 11.4. The van der Waals surface area contributed by atoms with Crippen molar-refractivity contribution >= 4 is 5.82 Å². The summed E-state index contributed by atoms with van der Waals surface area (Å²) >= 11 is 0. The molecule has 1 aromatic heterocycles. The summed E-state index contributed by atoms with van der Waals surface area (Å²) in [6.07, 6.45) is 2.34. The average Bonchev–Trinajstić information content (AvgIpc) is 2.60. The maximum Gasteiger partial charge on any atom is 0.132 e. The Bertz CT molecular complexity index is 628. The second-order valence-corrected chi connectivity index (χ2v) is 6.90. The van der Waals surface area contributed by atoms with Crippen LogP contribution in [0.3, 0.4) is 0 Å². The van der Waals surface area contributed by atoms with Gasteiger partial charge in [0.2, 0.25) is 0 Å². The molecule has 24 heavy (non-hydrogen) atoms. The predicted molar refractivity (Wildman–Crippen MR) is 99.6 cm³/mol. The molecule has 1 aliphatic heterocycles. The van der Waals surface area contributed by atoms with E-state index in [9.17, 15) is 0 Å². The molecule has 1 saturated heterocycles. The number of benzene rings is 1. The first-order valence-corrected chi connectivity index (χ1v) is 8.97. The first-order valence-electron chi connectivity index (χ1n) is 8.97. The quantitative estimate of drug-likeness (QED) is 0.914. The van der Waals surface area contributed by atoms with Gasteiger partial charge in [-0.05, 0) is 38.2 Å². The molecule has 0 bridgehead atoms. The van der Waals surface area contributed by atoms with Gasteiger partial charge in [-0.25, -0.2) is 9.97 Å². The monoisotopic (exact) mass is 324 g/mol. The number of nitrogens with one attached hydrogen (secondary N) is 1. The number of rotatable bonds is 5. The van der Waals surface area contributed by atoms with Gasteiger partial charge in [0.15, 0.2) is 0 Å². The SMILES string of the molecule is Cc1cc(N2CCC(NC[C@@H](C)c3ccccc3)CC2)nc(C)n1. The first-order chi connectivity index (χ1) is 11.6. The second kappa shape index (κ2) is 7.75. The molecule has 4 heteroatoms. The lowest BCUT2D eigenvalue weighted by molar-refractivity contribution is 0.405.